The van der Waals surface area contributed by atoms with Gasteiger partial charge in [0.05, 0.1) is 6.20 Å². The second-order valence-electron chi connectivity index (χ2n) is 4.63. The molecular weight excluding hydrogens is 304 g/mol. The predicted molar refractivity (Wildman–Crippen MR) is 81.9 cm³/mol. The number of carbonyl (C=O) groups is 2. The first-order valence-electron chi connectivity index (χ1n) is 6.61. The lowest BCUT2D eigenvalue weighted by Crippen LogP contribution is -2.27. The maximum Gasteiger partial charge on any atom is 0.256 e. The topological polar surface area (TPSA) is 93.3 Å². The van der Waals surface area contributed by atoms with E-state index in [1.165, 1.54) is 17.5 Å². The number of aromatic nitrogens is 4. The highest BCUT2D eigenvalue weighted by Crippen LogP contribution is 2.11. The average Bonchev–Trinajstić information content (AvgIpc) is 3.18. The van der Waals surface area contributed by atoms with Crippen LogP contribution < -0.4 is 10.6 Å². The van der Waals surface area contributed by atoms with Crippen molar-refractivity contribution in [2.75, 3.05) is 11.9 Å². The normalized spacial score (nSPS) is 10.8. The number of nitrogens with zero attached hydrogens (tertiary/aromatic N) is 4. The lowest BCUT2D eigenvalue weighted by molar-refractivity contribution is -0.116. The summed E-state index contributed by atoms with van der Waals surface area (Å²) in [5, 5.41) is 11.8. The van der Waals surface area contributed by atoms with Crippen LogP contribution in [-0.2, 0) is 11.8 Å². The minimum Gasteiger partial charge on any atom is -0.351 e. The lowest BCUT2D eigenvalue weighted by Gasteiger charge is -2.04. The molecule has 0 aliphatic heterocycles. The summed E-state index contributed by atoms with van der Waals surface area (Å²) in [5.74, 6) is -0.437. The van der Waals surface area contributed by atoms with E-state index in [2.05, 4.69) is 20.7 Å². The molecule has 22 heavy (non-hydrogen) atoms. The Morgan fingerprint density at radius 1 is 1.36 bits per heavy atom. The molecule has 0 fully saturated rings. The number of imidazole rings is 1. The van der Waals surface area contributed by atoms with Gasteiger partial charge < -0.3 is 15.2 Å². The lowest BCUT2D eigenvalue weighted by atomic mass is 10.3. The van der Waals surface area contributed by atoms with E-state index in [1.807, 2.05) is 17.8 Å². The van der Waals surface area contributed by atoms with Gasteiger partial charge in [-0.2, -0.15) is 5.10 Å². The Bertz CT molecular complexity index is 804. The molecule has 3 aromatic rings. The van der Waals surface area contributed by atoms with Gasteiger partial charge in [0, 0.05) is 44.0 Å². The second kappa shape index (κ2) is 5.98. The zero-order valence-corrected chi connectivity index (χ0v) is 12.6. The first kappa shape index (κ1) is 14.3. The molecular formula is C13H14N6O2S. The molecule has 114 valence electrons. The van der Waals surface area contributed by atoms with Crippen molar-refractivity contribution in [3.63, 3.8) is 0 Å². The Labute approximate surface area is 129 Å². The number of hydrogen-bond acceptors (Lipinski definition) is 5. The maximum atomic E-state index is 12.1. The van der Waals surface area contributed by atoms with Gasteiger partial charge in [0.1, 0.15) is 11.2 Å². The van der Waals surface area contributed by atoms with Crippen molar-refractivity contribution in [1.29, 1.82) is 0 Å². The minimum atomic E-state index is -0.251. The summed E-state index contributed by atoms with van der Waals surface area (Å²) in [7, 11) is 1.84. The fourth-order valence-electron chi connectivity index (χ4n) is 2.06. The van der Waals surface area contributed by atoms with Crippen LogP contribution in [0.2, 0.25) is 0 Å². The molecule has 2 N–H and O–H groups in total. The predicted octanol–water partition coefficient (Wildman–Crippen LogP) is 0.888. The Morgan fingerprint density at radius 3 is 3.00 bits per heavy atom. The highest BCUT2D eigenvalue weighted by atomic mass is 32.1. The molecule has 0 saturated carbocycles. The van der Waals surface area contributed by atoms with E-state index in [-0.39, 0.29) is 24.8 Å². The van der Waals surface area contributed by atoms with Crippen molar-refractivity contribution in [2.45, 2.75) is 6.42 Å². The molecule has 8 nitrogen and oxygen atoms in total. The molecule has 3 aromatic heterocycles. The van der Waals surface area contributed by atoms with Crippen molar-refractivity contribution < 1.29 is 9.59 Å². The van der Waals surface area contributed by atoms with Crippen molar-refractivity contribution in [3.8, 4) is 0 Å². The van der Waals surface area contributed by atoms with E-state index >= 15 is 0 Å². The molecule has 9 heteroatoms. The molecule has 0 radical (unpaired) electrons. The Hall–Kier alpha value is -2.68. The van der Waals surface area contributed by atoms with E-state index in [9.17, 15) is 9.59 Å². The number of nitrogens with one attached hydrogen (secondary N) is 2. The van der Waals surface area contributed by atoms with E-state index in [0.717, 1.165) is 0 Å². The summed E-state index contributed by atoms with van der Waals surface area (Å²) in [6, 6.07) is 0. The molecule has 2 amide bonds. The van der Waals surface area contributed by atoms with E-state index in [0.29, 0.717) is 16.3 Å². The van der Waals surface area contributed by atoms with Gasteiger partial charge in [0.25, 0.3) is 5.91 Å². The smallest absolute Gasteiger partial charge is 0.256 e. The molecule has 3 rings (SSSR count). The quantitative estimate of drug-likeness (QED) is 0.730. The third-order valence-electron chi connectivity index (χ3n) is 3.10. The van der Waals surface area contributed by atoms with Gasteiger partial charge in [-0.1, -0.05) is 0 Å². The van der Waals surface area contributed by atoms with Crippen LogP contribution in [0.4, 0.5) is 5.13 Å². The largest absolute Gasteiger partial charge is 0.351 e. The molecule has 3 heterocycles. The van der Waals surface area contributed by atoms with Crippen LogP contribution in [0.15, 0.2) is 30.2 Å². The summed E-state index contributed by atoms with van der Waals surface area (Å²) < 4.78 is 3.45. The van der Waals surface area contributed by atoms with E-state index in [1.54, 1.807) is 22.3 Å². The summed E-state index contributed by atoms with van der Waals surface area (Å²) in [4.78, 5) is 27.8. The van der Waals surface area contributed by atoms with Gasteiger partial charge in [-0.3, -0.25) is 9.59 Å². The van der Waals surface area contributed by atoms with Crippen LogP contribution in [0, 0.1) is 0 Å². The van der Waals surface area contributed by atoms with Crippen LogP contribution in [0.1, 0.15) is 16.8 Å². The standard InChI is InChI=1S/C13H14N6O2S/c1-18-5-6-19-12(18)9(8-16-19)11(21)14-3-2-10(20)17-13-15-4-7-22-13/h4-8H,2-3H2,1H3,(H,14,21)(H,15,17,20). The fourth-order valence-corrected chi connectivity index (χ4v) is 2.61. The minimum absolute atomic E-state index is 0.183. The number of aryl methyl sites for hydroxylation is 1. The molecule has 0 aromatic carbocycles. The fraction of sp³-hybridized carbons (Fsp3) is 0.231. The van der Waals surface area contributed by atoms with Gasteiger partial charge in [0.15, 0.2) is 5.13 Å². The van der Waals surface area contributed by atoms with Crippen molar-refractivity contribution in [2.24, 2.45) is 7.05 Å². The Morgan fingerprint density at radius 2 is 2.23 bits per heavy atom. The molecule has 0 aliphatic carbocycles. The molecule has 0 aliphatic rings. The van der Waals surface area contributed by atoms with Crippen molar-refractivity contribution in [3.05, 3.63) is 35.7 Å². The van der Waals surface area contributed by atoms with Gasteiger partial charge in [-0.25, -0.2) is 9.50 Å². The first-order valence-corrected chi connectivity index (χ1v) is 7.49. The second-order valence-corrected chi connectivity index (χ2v) is 5.52. The number of fused-ring (bicyclic) bond motifs is 1. The molecule has 0 bridgehead atoms. The molecule has 0 saturated heterocycles. The van der Waals surface area contributed by atoms with Crippen LogP contribution in [-0.4, -0.2) is 37.5 Å². The van der Waals surface area contributed by atoms with Crippen molar-refractivity contribution >= 4 is 33.9 Å². The maximum absolute atomic E-state index is 12.1. The third kappa shape index (κ3) is 2.84. The Balaban J connectivity index is 1.54. The molecule has 0 unspecified atom stereocenters. The average molecular weight is 318 g/mol. The number of hydrogen-bond donors (Lipinski definition) is 2. The zero-order chi connectivity index (χ0) is 15.5. The molecule has 0 atom stereocenters. The summed E-state index contributed by atoms with van der Waals surface area (Å²) in [6.07, 6.45) is 6.91. The number of carbonyl (C=O) groups excluding carboxylic acids is 2. The SMILES string of the molecule is Cn1ccn2ncc(C(=O)NCCC(=O)Nc3nccs3)c12. The summed E-state index contributed by atoms with van der Waals surface area (Å²) in [6.45, 7) is 0.248. The monoisotopic (exact) mass is 318 g/mol. The van der Waals surface area contributed by atoms with Gasteiger partial charge in [-0.05, 0) is 0 Å². The highest BCUT2D eigenvalue weighted by molar-refractivity contribution is 7.13. The first-order chi connectivity index (χ1) is 10.6. The Kier molecular flexibility index (Phi) is 3.88. The van der Waals surface area contributed by atoms with Crippen molar-refractivity contribution in [1.82, 2.24) is 24.5 Å². The van der Waals surface area contributed by atoms with Gasteiger partial charge >= 0.3 is 0 Å². The summed E-state index contributed by atoms with van der Waals surface area (Å²) >= 11 is 1.35. The number of rotatable bonds is 5. The van der Waals surface area contributed by atoms with Crippen LogP contribution in [0.3, 0.4) is 0 Å². The number of amides is 2. The van der Waals surface area contributed by atoms with Crippen LogP contribution in [0.5, 0.6) is 0 Å². The van der Waals surface area contributed by atoms with Gasteiger partial charge in [0.2, 0.25) is 5.91 Å². The van der Waals surface area contributed by atoms with Gasteiger partial charge in [-0.15, -0.1) is 11.3 Å². The van der Waals surface area contributed by atoms with Crippen LogP contribution >= 0.6 is 11.3 Å². The number of anilines is 1. The third-order valence-corrected chi connectivity index (χ3v) is 3.78. The number of thiazole rings is 1. The highest BCUT2D eigenvalue weighted by Gasteiger charge is 2.15. The summed E-state index contributed by atoms with van der Waals surface area (Å²) in [5.41, 5.74) is 1.19. The zero-order valence-electron chi connectivity index (χ0n) is 11.8. The van der Waals surface area contributed by atoms with E-state index in [4.69, 9.17) is 0 Å². The molecule has 0 spiro atoms. The van der Waals surface area contributed by atoms with E-state index < -0.39 is 0 Å². The van der Waals surface area contributed by atoms with Crippen LogP contribution in [0.25, 0.3) is 5.65 Å².